The summed E-state index contributed by atoms with van der Waals surface area (Å²) >= 11 is 0. The van der Waals surface area contributed by atoms with Crippen LogP contribution in [0, 0.1) is 0 Å². The molecule has 0 bridgehead atoms. The van der Waals surface area contributed by atoms with Crippen molar-refractivity contribution in [2.45, 2.75) is 0 Å². The number of nitrogens with zero attached hydrogens (tertiary/aromatic N) is 4. The highest BCUT2D eigenvalue weighted by Crippen LogP contribution is 2.15. The zero-order valence-electron chi connectivity index (χ0n) is 15.4. The van der Waals surface area contributed by atoms with E-state index in [0.717, 1.165) is 22.6 Å². The highest BCUT2D eigenvalue weighted by atomic mass is 16.5. The summed E-state index contributed by atoms with van der Waals surface area (Å²) in [5.74, 6) is 12.7. The Bertz CT molecular complexity index is 942. The highest BCUT2D eigenvalue weighted by Gasteiger charge is 2.07. The first-order chi connectivity index (χ1) is 13.7. The Morgan fingerprint density at radius 1 is 0.643 bits per heavy atom. The van der Waals surface area contributed by atoms with Crippen molar-refractivity contribution in [2.75, 3.05) is 14.2 Å². The molecule has 3 rings (SSSR count). The quantitative estimate of drug-likeness (QED) is 0.295. The first-order valence-corrected chi connectivity index (χ1v) is 8.24. The number of nitrogens with one attached hydrogen (secondary N) is 2. The largest absolute Gasteiger partial charge is 0.497 e. The van der Waals surface area contributed by atoms with Crippen LogP contribution in [-0.2, 0) is 0 Å². The molecule has 2 aromatic carbocycles. The second kappa shape index (κ2) is 8.75. The monoisotopic (exact) mass is 380 g/mol. The maximum Gasteiger partial charge on any atom is 0.221 e. The van der Waals surface area contributed by atoms with Gasteiger partial charge in [-0.05, 0) is 48.5 Å². The molecule has 0 aliphatic heterocycles. The number of hydrazine groups is 2. The van der Waals surface area contributed by atoms with Gasteiger partial charge in [-0.1, -0.05) is 0 Å². The Morgan fingerprint density at radius 2 is 0.964 bits per heavy atom. The molecule has 144 valence electrons. The number of ether oxygens (including phenoxy) is 2. The number of hydrogen-bond donors (Lipinski definition) is 4. The molecule has 0 aliphatic carbocycles. The molecule has 0 radical (unpaired) electrons. The van der Waals surface area contributed by atoms with E-state index in [2.05, 4.69) is 31.2 Å². The molecule has 0 spiro atoms. The van der Waals surface area contributed by atoms with Crippen LogP contribution in [0.5, 0.6) is 11.5 Å². The molecule has 6 N–H and O–H groups in total. The average Bonchev–Trinajstić information content (AvgIpc) is 2.77. The van der Waals surface area contributed by atoms with E-state index in [1.807, 2.05) is 24.3 Å². The smallest absolute Gasteiger partial charge is 0.221 e. The predicted molar refractivity (Wildman–Crippen MR) is 103 cm³/mol. The van der Waals surface area contributed by atoms with Gasteiger partial charge < -0.3 is 20.3 Å². The Labute approximate surface area is 160 Å². The summed E-state index contributed by atoms with van der Waals surface area (Å²) in [5, 5.41) is 16.5. The minimum Gasteiger partial charge on any atom is -0.497 e. The lowest BCUT2D eigenvalue weighted by atomic mass is 10.1. The van der Waals surface area contributed by atoms with Crippen LogP contribution in [-0.4, -0.2) is 34.6 Å². The summed E-state index contributed by atoms with van der Waals surface area (Å²) < 4.78 is 10.3. The molecule has 0 saturated heterocycles. The van der Waals surface area contributed by atoms with Crippen LogP contribution < -0.4 is 43.0 Å². The fraction of sp³-hybridized carbons (Fsp3) is 0.111. The third-order valence-electron chi connectivity index (χ3n) is 3.97. The first-order valence-electron chi connectivity index (χ1n) is 8.24. The molecule has 1 aromatic heterocycles. The van der Waals surface area contributed by atoms with Crippen molar-refractivity contribution in [1.82, 2.24) is 31.2 Å². The van der Waals surface area contributed by atoms with Crippen LogP contribution >= 0.6 is 0 Å². The Hall–Kier alpha value is -3.76. The van der Waals surface area contributed by atoms with Gasteiger partial charge in [0.25, 0.3) is 0 Å². The van der Waals surface area contributed by atoms with Gasteiger partial charge in [0.1, 0.15) is 22.9 Å². The van der Waals surface area contributed by atoms with Crippen LogP contribution in [0.15, 0.2) is 48.5 Å². The van der Waals surface area contributed by atoms with Crippen LogP contribution in [0.4, 0.5) is 0 Å². The molecule has 10 nitrogen and oxygen atoms in total. The van der Waals surface area contributed by atoms with Gasteiger partial charge in [-0.2, -0.15) is 0 Å². The molecule has 1 heterocycles. The van der Waals surface area contributed by atoms with Gasteiger partial charge in [0.15, 0.2) is 0 Å². The van der Waals surface area contributed by atoms with E-state index in [4.69, 9.17) is 21.2 Å². The summed E-state index contributed by atoms with van der Waals surface area (Å²) in [6.45, 7) is 0. The zero-order chi connectivity index (χ0) is 19.9. The van der Waals surface area contributed by atoms with Gasteiger partial charge in [0.05, 0.1) is 14.2 Å². The summed E-state index contributed by atoms with van der Waals surface area (Å²) in [4.78, 5) is 0. The number of rotatable bonds is 6. The Balaban J connectivity index is 2.05. The van der Waals surface area contributed by atoms with Crippen LogP contribution in [0.25, 0.3) is 11.4 Å². The Kier molecular flexibility index (Phi) is 5.94. The number of benzene rings is 2. The number of hydrogen-bond acceptors (Lipinski definition) is 10. The normalized spacial score (nSPS) is 10.1. The van der Waals surface area contributed by atoms with Gasteiger partial charge >= 0.3 is 0 Å². The van der Waals surface area contributed by atoms with Gasteiger partial charge in [0.2, 0.25) is 11.0 Å². The lowest BCUT2D eigenvalue weighted by Crippen LogP contribution is -2.38. The third kappa shape index (κ3) is 3.98. The molecular weight excluding hydrogens is 360 g/mol. The highest BCUT2D eigenvalue weighted by molar-refractivity contribution is 5.63. The molecule has 0 atom stereocenters. The molecule has 0 fully saturated rings. The van der Waals surface area contributed by atoms with Crippen molar-refractivity contribution in [3.05, 3.63) is 70.6 Å². The summed E-state index contributed by atoms with van der Waals surface area (Å²) in [6.07, 6.45) is 0. The summed E-state index contributed by atoms with van der Waals surface area (Å²) in [7, 11) is 3.19. The molecule has 28 heavy (non-hydrogen) atoms. The maximum absolute atomic E-state index is 5.65. The number of aromatic nitrogens is 4. The van der Waals surface area contributed by atoms with Gasteiger partial charge in [-0.25, -0.2) is 0 Å². The van der Waals surface area contributed by atoms with Crippen LogP contribution in [0.3, 0.4) is 0 Å². The lowest BCUT2D eigenvalue weighted by molar-refractivity contribution is 0.414. The van der Waals surface area contributed by atoms with Crippen LogP contribution in [0.1, 0.15) is 11.1 Å². The standard InChI is InChI=1S/C18H20N8O2/c1-27-13-7-3-11(4-8-13)15(21-19)17-23-25-18(26-24-17)16(22-20)12-5-9-14(28-2)10-6-12/h3-10,21-22H,19-20H2,1-2H3. The van der Waals surface area contributed by atoms with Gasteiger partial charge in [-0.15, -0.1) is 20.4 Å². The molecule has 0 unspecified atom stereocenters. The topological polar surface area (TPSA) is 146 Å². The van der Waals surface area contributed by atoms with E-state index in [1.54, 1.807) is 38.5 Å². The molecule has 0 amide bonds. The van der Waals surface area contributed by atoms with Crippen molar-refractivity contribution in [3.63, 3.8) is 0 Å². The molecular formula is C18H20N8O2. The minimum atomic E-state index is 0.238. The second-order valence-corrected chi connectivity index (χ2v) is 5.54. The minimum absolute atomic E-state index is 0.238. The SMILES string of the molecule is COc1ccc(C(NN)=c2nnc(=C(NN)c3ccc(OC)cc3)nn2)cc1. The predicted octanol–water partition coefficient (Wildman–Crippen LogP) is -1.48. The molecule has 0 aliphatic rings. The van der Waals surface area contributed by atoms with E-state index >= 15 is 0 Å². The maximum atomic E-state index is 5.65. The van der Waals surface area contributed by atoms with E-state index in [0.29, 0.717) is 11.4 Å². The van der Waals surface area contributed by atoms with Gasteiger partial charge in [0, 0.05) is 11.1 Å². The fourth-order valence-corrected chi connectivity index (χ4v) is 2.50. The van der Waals surface area contributed by atoms with E-state index < -0.39 is 0 Å². The lowest BCUT2D eigenvalue weighted by Gasteiger charge is -2.07. The third-order valence-corrected chi connectivity index (χ3v) is 3.97. The number of methoxy groups -OCH3 is 2. The summed E-state index contributed by atoms with van der Waals surface area (Å²) in [6, 6.07) is 14.5. The molecule has 0 saturated carbocycles. The van der Waals surface area contributed by atoms with Crippen molar-refractivity contribution in [1.29, 1.82) is 0 Å². The average molecular weight is 380 g/mol. The van der Waals surface area contributed by atoms with E-state index in [9.17, 15) is 0 Å². The zero-order valence-corrected chi connectivity index (χ0v) is 15.4. The van der Waals surface area contributed by atoms with Crippen molar-refractivity contribution in [2.24, 2.45) is 11.7 Å². The summed E-state index contributed by atoms with van der Waals surface area (Å²) in [5.41, 5.74) is 8.12. The van der Waals surface area contributed by atoms with Crippen LogP contribution in [0.2, 0.25) is 0 Å². The number of nitrogens with two attached hydrogens (primary N) is 2. The van der Waals surface area contributed by atoms with Crippen molar-refractivity contribution in [3.8, 4) is 11.5 Å². The van der Waals surface area contributed by atoms with E-state index in [1.165, 1.54) is 0 Å². The van der Waals surface area contributed by atoms with Crippen molar-refractivity contribution < 1.29 is 9.47 Å². The first kappa shape index (κ1) is 19.0. The Morgan fingerprint density at radius 3 is 1.21 bits per heavy atom. The molecule has 3 aromatic rings. The fourth-order valence-electron chi connectivity index (χ4n) is 2.50. The van der Waals surface area contributed by atoms with Crippen molar-refractivity contribution >= 4 is 11.4 Å². The second-order valence-electron chi connectivity index (χ2n) is 5.54. The molecule has 10 heteroatoms. The van der Waals surface area contributed by atoms with Gasteiger partial charge in [-0.3, -0.25) is 11.7 Å². The van der Waals surface area contributed by atoms with E-state index in [-0.39, 0.29) is 11.0 Å².